The molecule has 1 fully saturated rings. The number of hydrogen-bond donors (Lipinski definition) is 3. The minimum Gasteiger partial charge on any atom is -0.399 e. The summed E-state index contributed by atoms with van der Waals surface area (Å²) in [7, 11) is 0. The molecule has 4 nitrogen and oxygen atoms in total. The molecule has 0 aliphatic carbocycles. The second kappa shape index (κ2) is 2.70. The largest absolute Gasteiger partial charge is 0.399 e. The second-order valence-electron chi connectivity index (χ2n) is 1.96. The molecule has 0 spiro atoms. The highest BCUT2D eigenvalue weighted by Gasteiger charge is 2.19. The summed E-state index contributed by atoms with van der Waals surface area (Å²) >= 11 is 0. The Morgan fingerprint density at radius 1 is 1.78 bits per heavy atom. The van der Waals surface area contributed by atoms with Gasteiger partial charge in [-0.3, -0.25) is 5.84 Å². The molecule has 1 saturated heterocycles. The molecule has 9 heavy (non-hydrogen) atoms. The standard InChI is InChI=1S/C5H11N3O/c6-4(3-8-7)5-1-2-9-5/h3,5,8H,1-2,6-7H2/b4-3-. The molecule has 5 N–H and O–H groups in total. The Morgan fingerprint density at radius 3 is 2.78 bits per heavy atom. The smallest absolute Gasteiger partial charge is 0.100 e. The molecule has 0 radical (unpaired) electrons. The molecule has 1 rings (SSSR count). The highest BCUT2D eigenvalue weighted by atomic mass is 16.5. The van der Waals surface area contributed by atoms with Crippen LogP contribution >= 0.6 is 0 Å². The van der Waals surface area contributed by atoms with Gasteiger partial charge in [0.1, 0.15) is 6.10 Å². The van der Waals surface area contributed by atoms with E-state index in [2.05, 4.69) is 5.43 Å². The first kappa shape index (κ1) is 6.38. The number of nitrogens with two attached hydrogens (primary N) is 2. The van der Waals surface area contributed by atoms with Gasteiger partial charge in [-0.2, -0.15) is 0 Å². The molecule has 1 aliphatic heterocycles. The highest BCUT2D eigenvalue weighted by molar-refractivity contribution is 5.04. The fraction of sp³-hybridized carbons (Fsp3) is 0.600. The molecular weight excluding hydrogens is 118 g/mol. The summed E-state index contributed by atoms with van der Waals surface area (Å²) in [6.45, 7) is 0.809. The van der Waals surface area contributed by atoms with E-state index in [1.807, 2.05) is 0 Å². The van der Waals surface area contributed by atoms with Crippen LogP contribution in [0.3, 0.4) is 0 Å². The summed E-state index contributed by atoms with van der Waals surface area (Å²) in [6, 6.07) is 0. The van der Waals surface area contributed by atoms with Gasteiger partial charge in [0.25, 0.3) is 0 Å². The van der Waals surface area contributed by atoms with Crippen molar-refractivity contribution in [2.45, 2.75) is 12.5 Å². The first-order valence-corrected chi connectivity index (χ1v) is 2.88. The van der Waals surface area contributed by atoms with Crippen LogP contribution in [0.25, 0.3) is 0 Å². The fourth-order valence-corrected chi connectivity index (χ4v) is 0.688. The topological polar surface area (TPSA) is 73.3 Å². The number of ether oxygens (including phenoxy) is 1. The average Bonchev–Trinajstić information content (AvgIpc) is 1.60. The lowest BCUT2D eigenvalue weighted by molar-refractivity contribution is -0.0271. The van der Waals surface area contributed by atoms with Gasteiger partial charge < -0.3 is 15.9 Å². The predicted octanol–water partition coefficient (Wildman–Crippen LogP) is -0.961. The van der Waals surface area contributed by atoms with Gasteiger partial charge in [0.15, 0.2) is 0 Å². The van der Waals surface area contributed by atoms with Gasteiger partial charge in [0, 0.05) is 12.6 Å². The van der Waals surface area contributed by atoms with E-state index >= 15 is 0 Å². The lowest BCUT2D eigenvalue weighted by Crippen LogP contribution is -2.34. The average molecular weight is 129 g/mol. The summed E-state index contributed by atoms with van der Waals surface area (Å²) in [4.78, 5) is 0. The van der Waals surface area contributed by atoms with Crippen molar-refractivity contribution in [1.82, 2.24) is 5.43 Å². The van der Waals surface area contributed by atoms with Crippen LogP contribution in [0.15, 0.2) is 11.9 Å². The molecule has 0 amide bonds. The van der Waals surface area contributed by atoms with Crippen molar-refractivity contribution in [3.8, 4) is 0 Å². The SMILES string of the molecule is NN/C=C(\N)C1CCO1. The Hall–Kier alpha value is -0.740. The van der Waals surface area contributed by atoms with Crippen molar-refractivity contribution in [2.75, 3.05) is 6.61 Å². The van der Waals surface area contributed by atoms with E-state index < -0.39 is 0 Å². The molecule has 52 valence electrons. The number of hydrogen-bond acceptors (Lipinski definition) is 4. The Labute approximate surface area is 53.8 Å². The summed E-state index contributed by atoms with van der Waals surface area (Å²) in [5.41, 5.74) is 8.50. The molecule has 0 aromatic carbocycles. The third kappa shape index (κ3) is 1.34. The maximum absolute atomic E-state index is 5.48. The molecule has 0 aromatic rings. The van der Waals surface area contributed by atoms with Crippen molar-refractivity contribution >= 4 is 0 Å². The van der Waals surface area contributed by atoms with Gasteiger partial charge in [0.05, 0.1) is 12.3 Å². The van der Waals surface area contributed by atoms with Crippen molar-refractivity contribution in [3.05, 3.63) is 11.9 Å². The quantitative estimate of drug-likeness (QED) is 0.331. The Morgan fingerprint density at radius 2 is 2.44 bits per heavy atom. The third-order valence-electron chi connectivity index (χ3n) is 1.32. The molecule has 1 unspecified atom stereocenters. The lowest BCUT2D eigenvalue weighted by Gasteiger charge is -2.26. The maximum atomic E-state index is 5.48. The summed E-state index contributed by atoms with van der Waals surface area (Å²) in [6.07, 6.45) is 2.65. The van der Waals surface area contributed by atoms with E-state index in [-0.39, 0.29) is 6.10 Å². The van der Waals surface area contributed by atoms with Crippen LogP contribution in [0.1, 0.15) is 6.42 Å². The van der Waals surface area contributed by atoms with E-state index in [1.54, 1.807) is 6.20 Å². The molecule has 0 aromatic heterocycles. The third-order valence-corrected chi connectivity index (χ3v) is 1.32. The van der Waals surface area contributed by atoms with E-state index in [0.717, 1.165) is 13.0 Å². The lowest BCUT2D eigenvalue weighted by atomic mass is 10.1. The summed E-state index contributed by atoms with van der Waals surface area (Å²) < 4.78 is 5.06. The first-order valence-electron chi connectivity index (χ1n) is 2.88. The van der Waals surface area contributed by atoms with Gasteiger partial charge in [-0.05, 0) is 0 Å². The molecular formula is C5H11N3O. The van der Waals surface area contributed by atoms with Crippen molar-refractivity contribution < 1.29 is 4.74 Å². The van der Waals surface area contributed by atoms with Crippen molar-refractivity contribution in [1.29, 1.82) is 0 Å². The van der Waals surface area contributed by atoms with E-state index in [4.69, 9.17) is 16.3 Å². The van der Waals surface area contributed by atoms with Crippen molar-refractivity contribution in [2.24, 2.45) is 11.6 Å². The molecule has 4 heteroatoms. The Balaban J connectivity index is 2.31. The van der Waals surface area contributed by atoms with Crippen LogP contribution < -0.4 is 17.0 Å². The second-order valence-corrected chi connectivity index (χ2v) is 1.96. The van der Waals surface area contributed by atoms with E-state index in [9.17, 15) is 0 Å². The van der Waals surface area contributed by atoms with Crippen molar-refractivity contribution in [3.63, 3.8) is 0 Å². The number of hydrazine groups is 1. The minimum absolute atomic E-state index is 0.0982. The van der Waals surface area contributed by atoms with Gasteiger partial charge in [-0.25, -0.2) is 0 Å². The van der Waals surface area contributed by atoms with Crippen LogP contribution in [0, 0.1) is 0 Å². The molecule has 1 atom stereocenters. The van der Waals surface area contributed by atoms with Gasteiger partial charge >= 0.3 is 0 Å². The van der Waals surface area contributed by atoms with Crippen LogP contribution in [-0.4, -0.2) is 12.7 Å². The zero-order chi connectivity index (χ0) is 6.69. The summed E-state index contributed by atoms with van der Waals surface area (Å²) in [5, 5.41) is 0. The fourth-order valence-electron chi connectivity index (χ4n) is 0.688. The molecule has 1 aliphatic rings. The van der Waals surface area contributed by atoms with E-state index in [1.165, 1.54) is 0 Å². The first-order chi connectivity index (χ1) is 4.34. The highest BCUT2D eigenvalue weighted by Crippen LogP contribution is 2.14. The van der Waals surface area contributed by atoms with Crippen LogP contribution in [0.4, 0.5) is 0 Å². The zero-order valence-corrected chi connectivity index (χ0v) is 5.13. The molecule has 1 heterocycles. The monoisotopic (exact) mass is 129 g/mol. The minimum atomic E-state index is 0.0982. The predicted molar refractivity (Wildman–Crippen MR) is 34.0 cm³/mol. The summed E-state index contributed by atoms with van der Waals surface area (Å²) in [5.74, 6) is 4.98. The molecule has 0 saturated carbocycles. The normalized spacial score (nSPS) is 27.2. The Bertz CT molecular complexity index is 119. The van der Waals surface area contributed by atoms with Crippen LogP contribution in [0.2, 0.25) is 0 Å². The van der Waals surface area contributed by atoms with Crippen LogP contribution in [-0.2, 0) is 4.74 Å². The van der Waals surface area contributed by atoms with E-state index in [0.29, 0.717) is 5.70 Å². The maximum Gasteiger partial charge on any atom is 0.100 e. The molecule has 0 bridgehead atoms. The zero-order valence-electron chi connectivity index (χ0n) is 5.13. The van der Waals surface area contributed by atoms with Gasteiger partial charge in [-0.15, -0.1) is 0 Å². The number of nitrogens with one attached hydrogen (secondary N) is 1. The van der Waals surface area contributed by atoms with Gasteiger partial charge in [0.2, 0.25) is 0 Å². The van der Waals surface area contributed by atoms with Gasteiger partial charge in [-0.1, -0.05) is 0 Å². The number of rotatable bonds is 2. The van der Waals surface area contributed by atoms with Crippen LogP contribution in [0.5, 0.6) is 0 Å². The Kier molecular flexibility index (Phi) is 1.92.